The van der Waals surface area contributed by atoms with Crippen LogP contribution in [0, 0.1) is 0 Å². The lowest BCUT2D eigenvalue weighted by Gasteiger charge is -2.20. The fourth-order valence-electron chi connectivity index (χ4n) is 2.38. The molecule has 0 saturated heterocycles. The molecule has 7 nitrogen and oxygen atoms in total. The molecule has 0 aliphatic rings. The van der Waals surface area contributed by atoms with Crippen molar-refractivity contribution < 1.29 is 24.1 Å². The molecule has 0 aliphatic carbocycles. The van der Waals surface area contributed by atoms with Crippen LogP contribution in [0.25, 0.3) is 0 Å². The Balaban J connectivity index is 2.28. The van der Waals surface area contributed by atoms with E-state index < -0.39 is 12.2 Å². The summed E-state index contributed by atoms with van der Waals surface area (Å²) in [5, 5.41) is 10.1. The molecular formula is C19H24N2O5. The zero-order valence-corrected chi connectivity index (χ0v) is 15.4. The molecule has 0 aliphatic heterocycles. The van der Waals surface area contributed by atoms with Crippen LogP contribution in [-0.4, -0.2) is 50.5 Å². The number of carbonyl (C=O) groups excluding carboxylic acids is 1. The lowest BCUT2D eigenvalue weighted by atomic mass is 10.1. The summed E-state index contributed by atoms with van der Waals surface area (Å²) < 4.78 is 15.9. The highest BCUT2D eigenvalue weighted by Crippen LogP contribution is 2.30. The molecule has 0 saturated carbocycles. The normalized spacial score (nSPS) is 11.9. The number of nitrogens with two attached hydrogens (primary N) is 1. The average molecular weight is 360 g/mol. The number of methoxy groups -OCH3 is 2. The molecule has 2 aromatic rings. The van der Waals surface area contributed by atoms with E-state index in [0.29, 0.717) is 29.4 Å². The van der Waals surface area contributed by atoms with Gasteiger partial charge in [-0.3, -0.25) is 4.90 Å². The van der Waals surface area contributed by atoms with Gasteiger partial charge < -0.3 is 25.1 Å². The number of esters is 1. The van der Waals surface area contributed by atoms with Crippen molar-refractivity contribution in [1.82, 2.24) is 4.90 Å². The number of aliphatic hydroxyl groups is 1. The number of rotatable bonds is 7. The van der Waals surface area contributed by atoms with Crippen LogP contribution in [0.1, 0.15) is 15.9 Å². The van der Waals surface area contributed by atoms with Gasteiger partial charge in [-0.25, -0.2) is 4.79 Å². The summed E-state index contributed by atoms with van der Waals surface area (Å²) in [5.74, 6) is 1.12. The third-order valence-corrected chi connectivity index (χ3v) is 3.92. The first kappa shape index (κ1) is 19.6. The summed E-state index contributed by atoms with van der Waals surface area (Å²) in [6.45, 7) is 0. The second-order valence-electron chi connectivity index (χ2n) is 5.96. The molecule has 2 aromatic carbocycles. The molecule has 0 radical (unpaired) electrons. The molecule has 1 atom stereocenters. The van der Waals surface area contributed by atoms with E-state index in [2.05, 4.69) is 0 Å². The average Bonchev–Trinajstić information content (AvgIpc) is 2.62. The van der Waals surface area contributed by atoms with Crippen LogP contribution >= 0.6 is 0 Å². The van der Waals surface area contributed by atoms with Crippen LogP contribution in [-0.2, 0) is 11.2 Å². The Morgan fingerprint density at radius 1 is 1.15 bits per heavy atom. The molecule has 0 spiro atoms. The summed E-state index contributed by atoms with van der Waals surface area (Å²) in [7, 11) is 6.45. The summed E-state index contributed by atoms with van der Waals surface area (Å²) in [4.78, 5) is 13.5. The van der Waals surface area contributed by atoms with E-state index in [9.17, 15) is 9.90 Å². The first-order valence-electron chi connectivity index (χ1n) is 8.02. The van der Waals surface area contributed by atoms with Gasteiger partial charge in [0.15, 0.2) is 0 Å². The Hall–Kier alpha value is -2.77. The molecule has 0 fully saturated rings. The molecule has 7 heteroatoms. The zero-order valence-electron chi connectivity index (χ0n) is 15.4. The van der Waals surface area contributed by atoms with Gasteiger partial charge in [-0.05, 0) is 50.5 Å². The van der Waals surface area contributed by atoms with E-state index in [4.69, 9.17) is 19.9 Å². The third kappa shape index (κ3) is 4.65. The number of anilines is 1. The van der Waals surface area contributed by atoms with Crippen molar-refractivity contribution in [2.24, 2.45) is 0 Å². The van der Waals surface area contributed by atoms with Gasteiger partial charge >= 0.3 is 5.97 Å². The van der Waals surface area contributed by atoms with Crippen molar-refractivity contribution >= 4 is 11.7 Å². The van der Waals surface area contributed by atoms with Gasteiger partial charge in [-0.2, -0.15) is 0 Å². The van der Waals surface area contributed by atoms with Gasteiger partial charge in [0.05, 0.1) is 19.8 Å². The van der Waals surface area contributed by atoms with Crippen molar-refractivity contribution in [1.29, 1.82) is 0 Å². The summed E-state index contributed by atoms with van der Waals surface area (Å²) in [6.07, 6.45) is -0.274. The number of hydrogen-bond donors (Lipinski definition) is 2. The summed E-state index contributed by atoms with van der Waals surface area (Å²) in [5.41, 5.74) is 7.15. The van der Waals surface area contributed by atoms with Crippen LogP contribution in [0.4, 0.5) is 5.69 Å². The zero-order chi connectivity index (χ0) is 19.3. The molecule has 140 valence electrons. The SMILES string of the molecule is COC(=O)c1cc(Oc2ccc(OC)c(CC(O)N(C)C)c2)ccc1N. The Kier molecular flexibility index (Phi) is 6.43. The molecule has 3 N–H and O–H groups in total. The Morgan fingerprint density at radius 2 is 1.81 bits per heavy atom. The fourth-order valence-corrected chi connectivity index (χ4v) is 2.38. The molecule has 2 rings (SSSR count). The molecule has 1 unspecified atom stereocenters. The Morgan fingerprint density at radius 3 is 2.42 bits per heavy atom. The molecule has 0 heterocycles. The lowest BCUT2D eigenvalue weighted by Crippen LogP contribution is -2.29. The number of ether oxygens (including phenoxy) is 3. The molecule has 0 aromatic heterocycles. The Bertz CT molecular complexity index is 777. The van der Waals surface area contributed by atoms with Crippen molar-refractivity contribution in [3.63, 3.8) is 0 Å². The highest BCUT2D eigenvalue weighted by Gasteiger charge is 2.15. The minimum Gasteiger partial charge on any atom is -0.496 e. The maximum absolute atomic E-state index is 11.8. The van der Waals surface area contributed by atoms with E-state index in [0.717, 1.165) is 5.56 Å². The first-order chi connectivity index (χ1) is 12.3. The van der Waals surface area contributed by atoms with Gasteiger partial charge in [0.2, 0.25) is 0 Å². The topological polar surface area (TPSA) is 94.2 Å². The van der Waals surface area contributed by atoms with Crippen molar-refractivity contribution in [2.75, 3.05) is 34.0 Å². The summed E-state index contributed by atoms with van der Waals surface area (Å²) >= 11 is 0. The smallest absolute Gasteiger partial charge is 0.340 e. The van der Waals surface area contributed by atoms with E-state index in [1.165, 1.54) is 13.2 Å². The van der Waals surface area contributed by atoms with Crippen molar-refractivity contribution in [3.8, 4) is 17.2 Å². The second kappa shape index (κ2) is 8.55. The van der Waals surface area contributed by atoms with Gasteiger partial charge in [0.1, 0.15) is 23.5 Å². The van der Waals surface area contributed by atoms with Crippen molar-refractivity contribution in [2.45, 2.75) is 12.6 Å². The summed E-state index contributed by atoms with van der Waals surface area (Å²) in [6, 6.07) is 10.1. The second-order valence-corrected chi connectivity index (χ2v) is 5.96. The number of hydrogen-bond acceptors (Lipinski definition) is 7. The monoisotopic (exact) mass is 360 g/mol. The quantitative estimate of drug-likeness (QED) is 0.444. The highest BCUT2D eigenvalue weighted by atomic mass is 16.5. The lowest BCUT2D eigenvalue weighted by molar-refractivity contribution is 0.0407. The van der Waals surface area contributed by atoms with Crippen LogP contribution in [0.2, 0.25) is 0 Å². The molecule has 26 heavy (non-hydrogen) atoms. The maximum Gasteiger partial charge on any atom is 0.340 e. The van der Waals surface area contributed by atoms with E-state index >= 15 is 0 Å². The molecule has 0 amide bonds. The molecular weight excluding hydrogens is 336 g/mol. The predicted molar refractivity (Wildman–Crippen MR) is 98.7 cm³/mol. The van der Waals surface area contributed by atoms with E-state index in [-0.39, 0.29) is 5.56 Å². The third-order valence-electron chi connectivity index (χ3n) is 3.92. The number of likely N-dealkylation sites (N-methyl/N-ethyl adjacent to an activating group) is 1. The van der Waals surface area contributed by atoms with Gasteiger partial charge in [-0.1, -0.05) is 0 Å². The van der Waals surface area contributed by atoms with Gasteiger partial charge in [0.25, 0.3) is 0 Å². The van der Waals surface area contributed by atoms with Gasteiger partial charge in [-0.15, -0.1) is 0 Å². The Labute approximate surface area is 152 Å². The minimum absolute atomic E-state index is 0.238. The number of nitrogen functional groups attached to an aromatic ring is 1. The van der Waals surface area contributed by atoms with Crippen LogP contribution in [0.15, 0.2) is 36.4 Å². The number of aliphatic hydroxyl groups excluding tert-OH is 1. The highest BCUT2D eigenvalue weighted by molar-refractivity contribution is 5.95. The predicted octanol–water partition coefficient (Wildman–Crippen LogP) is 2.28. The van der Waals surface area contributed by atoms with Crippen LogP contribution in [0.5, 0.6) is 17.2 Å². The number of carbonyl (C=O) groups is 1. The molecule has 0 bridgehead atoms. The first-order valence-corrected chi connectivity index (χ1v) is 8.02. The van der Waals surface area contributed by atoms with Crippen molar-refractivity contribution in [3.05, 3.63) is 47.5 Å². The standard InChI is InChI=1S/C19H24N2O5/c1-21(2)18(22)10-12-9-13(6-8-17(12)24-3)26-14-5-7-16(20)15(11-14)19(23)25-4/h5-9,11,18,22H,10,20H2,1-4H3. The van der Waals surface area contributed by atoms with Crippen LogP contribution < -0.4 is 15.2 Å². The largest absolute Gasteiger partial charge is 0.496 e. The number of nitrogens with zero attached hydrogens (tertiary/aromatic N) is 1. The fraction of sp³-hybridized carbons (Fsp3) is 0.316. The van der Waals surface area contributed by atoms with Gasteiger partial charge in [0, 0.05) is 17.7 Å². The minimum atomic E-state index is -0.651. The number of benzene rings is 2. The maximum atomic E-state index is 11.8. The van der Waals surface area contributed by atoms with E-state index in [1.54, 1.807) is 56.4 Å². The van der Waals surface area contributed by atoms with Crippen LogP contribution in [0.3, 0.4) is 0 Å². The van der Waals surface area contributed by atoms with E-state index in [1.807, 2.05) is 0 Å².